The summed E-state index contributed by atoms with van der Waals surface area (Å²) in [5.74, 6) is 1.76. The number of hydrogen-bond donors (Lipinski definition) is 1. The minimum Gasteiger partial charge on any atom is -0.399 e. The summed E-state index contributed by atoms with van der Waals surface area (Å²) < 4.78 is 1.99. The van der Waals surface area contributed by atoms with Gasteiger partial charge in [0.15, 0.2) is 0 Å². The fourth-order valence-corrected chi connectivity index (χ4v) is 3.22. The summed E-state index contributed by atoms with van der Waals surface area (Å²) in [7, 11) is 4.10. The Hall–Kier alpha value is -1.97. The Balaban J connectivity index is 1.84. The monoisotopic (exact) mass is 284 g/mol. The van der Waals surface area contributed by atoms with Crippen molar-refractivity contribution in [3.63, 3.8) is 0 Å². The van der Waals surface area contributed by atoms with E-state index < -0.39 is 0 Å². The summed E-state index contributed by atoms with van der Waals surface area (Å²) in [5.41, 5.74) is 8.92. The summed E-state index contributed by atoms with van der Waals surface area (Å²) >= 11 is 0. The van der Waals surface area contributed by atoms with Crippen molar-refractivity contribution in [2.75, 3.05) is 17.7 Å². The molecule has 3 rings (SSSR count). The molecule has 1 saturated carbocycles. The minimum absolute atomic E-state index is 0.638. The zero-order valence-corrected chi connectivity index (χ0v) is 12.9. The van der Waals surface area contributed by atoms with Gasteiger partial charge in [0.2, 0.25) is 0 Å². The highest BCUT2D eigenvalue weighted by Gasteiger charge is 2.20. The normalized spacial score (nSPS) is 16.1. The Morgan fingerprint density at radius 1 is 1.14 bits per heavy atom. The minimum atomic E-state index is 0.638. The van der Waals surface area contributed by atoms with Crippen LogP contribution in [0.1, 0.15) is 43.7 Å². The molecule has 2 N–H and O–H groups in total. The van der Waals surface area contributed by atoms with Crippen LogP contribution >= 0.6 is 0 Å². The summed E-state index contributed by atoms with van der Waals surface area (Å²) in [6, 6.07) is 10.2. The number of rotatable bonds is 3. The highest BCUT2D eigenvalue weighted by atomic mass is 15.4. The molecule has 21 heavy (non-hydrogen) atoms. The third-order valence-electron chi connectivity index (χ3n) is 4.52. The SMILES string of the molecule is CN(c1ccc(N)cc1)c1cc(C2CCCCC2)nn1C. The Morgan fingerprint density at radius 3 is 2.48 bits per heavy atom. The Bertz CT molecular complexity index is 594. The molecule has 0 aliphatic heterocycles. The number of hydrogen-bond acceptors (Lipinski definition) is 3. The number of benzene rings is 1. The van der Waals surface area contributed by atoms with Crippen LogP contribution in [0, 0.1) is 0 Å². The first-order valence-electron chi connectivity index (χ1n) is 7.78. The van der Waals surface area contributed by atoms with Gasteiger partial charge < -0.3 is 10.6 Å². The molecule has 1 fully saturated rings. The second-order valence-corrected chi connectivity index (χ2v) is 6.04. The fourth-order valence-electron chi connectivity index (χ4n) is 3.22. The van der Waals surface area contributed by atoms with E-state index in [4.69, 9.17) is 10.8 Å². The molecule has 0 spiro atoms. The zero-order chi connectivity index (χ0) is 14.8. The van der Waals surface area contributed by atoms with Crippen LogP contribution in [0.4, 0.5) is 17.2 Å². The van der Waals surface area contributed by atoms with E-state index in [1.807, 2.05) is 36.0 Å². The second kappa shape index (κ2) is 5.80. The molecule has 1 aromatic heterocycles. The van der Waals surface area contributed by atoms with Gasteiger partial charge in [0, 0.05) is 37.5 Å². The quantitative estimate of drug-likeness (QED) is 0.872. The second-order valence-electron chi connectivity index (χ2n) is 6.04. The van der Waals surface area contributed by atoms with Crippen LogP contribution in [-0.4, -0.2) is 16.8 Å². The van der Waals surface area contributed by atoms with Gasteiger partial charge in [-0.15, -0.1) is 0 Å². The Labute approximate surface area is 126 Å². The van der Waals surface area contributed by atoms with E-state index in [2.05, 4.69) is 18.0 Å². The first-order valence-corrected chi connectivity index (χ1v) is 7.78. The molecular weight excluding hydrogens is 260 g/mol. The third-order valence-corrected chi connectivity index (χ3v) is 4.52. The van der Waals surface area contributed by atoms with Gasteiger partial charge in [-0.05, 0) is 37.1 Å². The predicted octanol–water partition coefficient (Wildman–Crippen LogP) is 3.82. The van der Waals surface area contributed by atoms with Gasteiger partial charge in [-0.3, -0.25) is 4.68 Å². The molecule has 0 amide bonds. The molecule has 2 aromatic rings. The lowest BCUT2D eigenvalue weighted by Gasteiger charge is -2.19. The molecule has 0 unspecified atom stereocenters. The fraction of sp³-hybridized carbons (Fsp3) is 0.471. The van der Waals surface area contributed by atoms with Crippen molar-refractivity contribution in [3.8, 4) is 0 Å². The number of aryl methyl sites for hydroxylation is 1. The smallest absolute Gasteiger partial charge is 0.130 e. The molecule has 0 bridgehead atoms. The van der Waals surface area contributed by atoms with Gasteiger partial charge >= 0.3 is 0 Å². The Kier molecular flexibility index (Phi) is 3.86. The molecule has 1 aromatic carbocycles. The molecule has 1 heterocycles. The van der Waals surface area contributed by atoms with E-state index in [0.717, 1.165) is 17.2 Å². The van der Waals surface area contributed by atoms with Gasteiger partial charge in [-0.2, -0.15) is 5.10 Å². The van der Waals surface area contributed by atoms with Crippen molar-refractivity contribution in [1.29, 1.82) is 0 Å². The van der Waals surface area contributed by atoms with Crippen molar-refractivity contribution >= 4 is 17.2 Å². The van der Waals surface area contributed by atoms with Crippen LogP contribution in [-0.2, 0) is 7.05 Å². The molecule has 1 aliphatic rings. The van der Waals surface area contributed by atoms with E-state index >= 15 is 0 Å². The van der Waals surface area contributed by atoms with Gasteiger partial charge in [0.25, 0.3) is 0 Å². The van der Waals surface area contributed by atoms with Crippen LogP contribution in [0.3, 0.4) is 0 Å². The van der Waals surface area contributed by atoms with E-state index in [9.17, 15) is 0 Å². The highest BCUT2D eigenvalue weighted by molar-refractivity contribution is 5.62. The van der Waals surface area contributed by atoms with Crippen molar-refractivity contribution in [2.24, 2.45) is 7.05 Å². The number of nitrogen functional groups attached to an aromatic ring is 1. The third kappa shape index (κ3) is 2.89. The van der Waals surface area contributed by atoms with Crippen molar-refractivity contribution < 1.29 is 0 Å². The van der Waals surface area contributed by atoms with Crippen LogP contribution in [0.25, 0.3) is 0 Å². The highest BCUT2D eigenvalue weighted by Crippen LogP contribution is 2.34. The number of anilines is 3. The zero-order valence-electron chi connectivity index (χ0n) is 12.9. The Morgan fingerprint density at radius 2 is 1.81 bits per heavy atom. The van der Waals surface area contributed by atoms with Crippen LogP contribution in [0.15, 0.2) is 30.3 Å². The van der Waals surface area contributed by atoms with Crippen molar-refractivity contribution in [1.82, 2.24) is 9.78 Å². The van der Waals surface area contributed by atoms with Crippen molar-refractivity contribution in [2.45, 2.75) is 38.0 Å². The molecule has 4 nitrogen and oxygen atoms in total. The summed E-state index contributed by atoms with van der Waals surface area (Å²) in [6.07, 6.45) is 6.61. The maximum atomic E-state index is 5.76. The molecule has 0 saturated heterocycles. The van der Waals surface area contributed by atoms with E-state index in [0.29, 0.717) is 5.92 Å². The molecule has 4 heteroatoms. The van der Waals surface area contributed by atoms with Gasteiger partial charge in [-0.25, -0.2) is 0 Å². The maximum Gasteiger partial charge on any atom is 0.130 e. The average Bonchev–Trinajstić information content (AvgIpc) is 2.90. The van der Waals surface area contributed by atoms with E-state index in [1.54, 1.807) is 0 Å². The van der Waals surface area contributed by atoms with Gasteiger partial charge in [0.05, 0.1) is 5.69 Å². The lowest BCUT2D eigenvalue weighted by atomic mass is 9.87. The molecule has 0 atom stereocenters. The van der Waals surface area contributed by atoms with Crippen LogP contribution in [0.5, 0.6) is 0 Å². The first kappa shape index (κ1) is 14.0. The van der Waals surface area contributed by atoms with Crippen LogP contribution < -0.4 is 10.6 Å². The molecule has 112 valence electrons. The topological polar surface area (TPSA) is 47.1 Å². The molecule has 0 radical (unpaired) electrons. The predicted molar refractivity (Wildman–Crippen MR) is 88.0 cm³/mol. The average molecular weight is 284 g/mol. The van der Waals surface area contributed by atoms with Gasteiger partial charge in [0.1, 0.15) is 5.82 Å². The summed E-state index contributed by atoms with van der Waals surface area (Å²) in [6.45, 7) is 0. The van der Waals surface area contributed by atoms with Gasteiger partial charge in [-0.1, -0.05) is 19.3 Å². The lowest BCUT2D eigenvalue weighted by Crippen LogP contribution is -2.13. The van der Waals surface area contributed by atoms with E-state index in [1.165, 1.54) is 37.8 Å². The standard InChI is InChI=1S/C17H24N4/c1-20(15-10-8-14(18)9-11-15)17-12-16(19-21(17)2)13-6-4-3-5-7-13/h8-13H,3-7,18H2,1-2H3. The summed E-state index contributed by atoms with van der Waals surface area (Å²) in [5, 5.41) is 4.75. The van der Waals surface area contributed by atoms with Crippen molar-refractivity contribution in [3.05, 3.63) is 36.0 Å². The largest absolute Gasteiger partial charge is 0.399 e. The first-order chi connectivity index (χ1) is 10.1. The lowest BCUT2D eigenvalue weighted by molar-refractivity contribution is 0.433. The molecule has 1 aliphatic carbocycles. The number of nitrogens with zero attached hydrogens (tertiary/aromatic N) is 3. The van der Waals surface area contributed by atoms with E-state index in [-0.39, 0.29) is 0 Å². The number of nitrogens with two attached hydrogens (primary N) is 1. The summed E-state index contributed by atoms with van der Waals surface area (Å²) in [4.78, 5) is 2.17. The number of aromatic nitrogens is 2. The molecular formula is C17H24N4. The maximum absolute atomic E-state index is 5.76. The van der Waals surface area contributed by atoms with Crippen LogP contribution in [0.2, 0.25) is 0 Å².